The van der Waals surface area contributed by atoms with Crippen LogP contribution in [0, 0.1) is 17.2 Å². The van der Waals surface area contributed by atoms with Crippen molar-refractivity contribution in [3.8, 4) is 11.6 Å². The van der Waals surface area contributed by atoms with Crippen LogP contribution in [0.1, 0.15) is 20.3 Å². The van der Waals surface area contributed by atoms with Gasteiger partial charge in [-0.3, -0.25) is 0 Å². The number of halogens is 1. The fourth-order valence-electron chi connectivity index (χ4n) is 4.39. The Morgan fingerprint density at radius 1 is 1.24 bits per heavy atom. The van der Waals surface area contributed by atoms with Gasteiger partial charge < -0.3 is 14.4 Å². The van der Waals surface area contributed by atoms with Crippen molar-refractivity contribution in [2.45, 2.75) is 32.4 Å². The predicted octanol–water partition coefficient (Wildman–Crippen LogP) is 3.66. The third-order valence-corrected chi connectivity index (χ3v) is 5.42. The Labute approximate surface area is 146 Å². The number of anilines is 1. The van der Waals surface area contributed by atoms with Crippen molar-refractivity contribution in [3.05, 3.63) is 42.3 Å². The number of fused-ring (bicyclic) bond motifs is 1. The second-order valence-electron chi connectivity index (χ2n) is 7.37. The highest BCUT2D eigenvalue weighted by atomic mass is 19.1. The molecule has 0 N–H and O–H groups in total. The molecule has 1 saturated heterocycles. The van der Waals surface area contributed by atoms with Gasteiger partial charge in [0, 0.05) is 43.3 Å². The maximum absolute atomic E-state index is 13.0. The average Bonchev–Trinajstić information content (AvgIpc) is 3.03. The first kappa shape index (κ1) is 16.3. The van der Waals surface area contributed by atoms with E-state index in [-0.39, 0.29) is 11.2 Å². The lowest BCUT2D eigenvalue weighted by atomic mass is 9.57. The number of nitrogens with zero attached hydrogens (tertiary/aromatic N) is 3. The van der Waals surface area contributed by atoms with Gasteiger partial charge in [0.2, 0.25) is 11.8 Å². The van der Waals surface area contributed by atoms with Gasteiger partial charge in [0.15, 0.2) is 0 Å². The minimum atomic E-state index is -0.295. The van der Waals surface area contributed by atoms with Gasteiger partial charge >= 0.3 is 0 Å². The number of aromatic nitrogens is 2. The highest BCUT2D eigenvalue weighted by Gasteiger charge is 2.61. The van der Waals surface area contributed by atoms with Crippen LogP contribution in [0.15, 0.2) is 36.5 Å². The van der Waals surface area contributed by atoms with E-state index in [2.05, 4.69) is 28.7 Å². The van der Waals surface area contributed by atoms with Crippen LogP contribution in [-0.2, 0) is 4.74 Å². The quantitative estimate of drug-likeness (QED) is 0.848. The van der Waals surface area contributed by atoms with Crippen molar-refractivity contribution < 1.29 is 13.9 Å². The Bertz CT molecular complexity index is 766. The lowest BCUT2D eigenvalue weighted by molar-refractivity contribution is -0.101. The van der Waals surface area contributed by atoms with Gasteiger partial charge in [-0.1, -0.05) is 13.8 Å². The molecule has 0 radical (unpaired) electrons. The van der Waals surface area contributed by atoms with Crippen molar-refractivity contribution in [1.29, 1.82) is 0 Å². The summed E-state index contributed by atoms with van der Waals surface area (Å²) in [5, 5.41) is 0. The first-order valence-electron chi connectivity index (χ1n) is 8.58. The number of ether oxygens (including phenoxy) is 2. The zero-order valence-corrected chi connectivity index (χ0v) is 14.6. The Morgan fingerprint density at radius 3 is 2.76 bits per heavy atom. The third-order valence-electron chi connectivity index (χ3n) is 5.42. The van der Waals surface area contributed by atoms with Crippen LogP contribution in [-0.4, -0.2) is 35.8 Å². The van der Waals surface area contributed by atoms with Crippen LogP contribution < -0.4 is 9.64 Å². The fourth-order valence-corrected chi connectivity index (χ4v) is 4.39. The molecule has 2 aliphatic rings. The fraction of sp³-hybridized carbons (Fsp3) is 0.474. The van der Waals surface area contributed by atoms with Gasteiger partial charge in [-0.15, -0.1) is 0 Å². The Morgan fingerprint density at radius 2 is 2.00 bits per heavy atom. The zero-order valence-electron chi connectivity index (χ0n) is 14.6. The average molecular weight is 343 g/mol. The first-order chi connectivity index (χ1) is 12.0. The third kappa shape index (κ3) is 2.74. The van der Waals surface area contributed by atoms with Crippen LogP contribution in [0.25, 0.3) is 0 Å². The van der Waals surface area contributed by atoms with Gasteiger partial charge in [-0.25, -0.2) is 9.37 Å². The molecule has 6 heteroatoms. The minimum Gasteiger partial charge on any atom is -0.439 e. The molecule has 1 aromatic carbocycles. The van der Waals surface area contributed by atoms with E-state index in [1.165, 1.54) is 12.1 Å². The van der Waals surface area contributed by atoms with Crippen molar-refractivity contribution in [1.82, 2.24) is 9.97 Å². The smallest absolute Gasteiger partial charge is 0.228 e. The predicted molar refractivity (Wildman–Crippen MR) is 92.3 cm³/mol. The summed E-state index contributed by atoms with van der Waals surface area (Å²) in [5.41, 5.74) is 0.0626. The molecule has 1 saturated carbocycles. The molecular formula is C19H22FN3O2. The van der Waals surface area contributed by atoms with E-state index < -0.39 is 0 Å². The number of benzene rings is 1. The number of rotatable bonds is 4. The highest BCUT2D eigenvalue weighted by Crippen LogP contribution is 2.54. The molecule has 3 unspecified atom stereocenters. The Hall–Kier alpha value is -2.21. The largest absolute Gasteiger partial charge is 0.439 e. The van der Waals surface area contributed by atoms with Crippen molar-refractivity contribution in [3.63, 3.8) is 0 Å². The molecule has 132 valence electrons. The van der Waals surface area contributed by atoms with Crippen LogP contribution in [0.3, 0.4) is 0 Å². The van der Waals surface area contributed by atoms with E-state index in [4.69, 9.17) is 9.47 Å². The molecule has 25 heavy (non-hydrogen) atoms. The summed E-state index contributed by atoms with van der Waals surface area (Å²) in [4.78, 5) is 11.1. The summed E-state index contributed by atoms with van der Waals surface area (Å²) in [6, 6.07) is 7.92. The monoisotopic (exact) mass is 343 g/mol. The topological polar surface area (TPSA) is 47.5 Å². The van der Waals surface area contributed by atoms with E-state index in [0.717, 1.165) is 13.0 Å². The molecule has 0 spiro atoms. The van der Waals surface area contributed by atoms with Crippen LogP contribution in [0.4, 0.5) is 10.3 Å². The first-order valence-corrected chi connectivity index (χ1v) is 8.58. The molecule has 2 fully saturated rings. The summed E-state index contributed by atoms with van der Waals surface area (Å²) >= 11 is 0. The summed E-state index contributed by atoms with van der Waals surface area (Å²) in [6.07, 6.45) is 3.08. The lowest BCUT2D eigenvalue weighted by Gasteiger charge is -2.57. The highest BCUT2D eigenvalue weighted by molar-refractivity contribution is 5.38. The summed E-state index contributed by atoms with van der Waals surface area (Å²) in [5.74, 6) is 1.84. The molecule has 1 aliphatic carbocycles. The maximum atomic E-state index is 13.0. The number of hydrogen-bond acceptors (Lipinski definition) is 5. The van der Waals surface area contributed by atoms with Crippen molar-refractivity contribution in [2.75, 3.05) is 18.6 Å². The van der Waals surface area contributed by atoms with Crippen LogP contribution in [0.5, 0.6) is 11.6 Å². The molecule has 0 amide bonds. The molecule has 3 atom stereocenters. The van der Waals surface area contributed by atoms with Crippen LogP contribution in [0.2, 0.25) is 0 Å². The second kappa shape index (κ2) is 5.95. The second-order valence-corrected chi connectivity index (χ2v) is 7.37. The van der Waals surface area contributed by atoms with Gasteiger partial charge in [-0.2, -0.15) is 4.98 Å². The standard InChI is InChI=1S/C19H22FN3O2/c1-19(2)16(14-9-11-24-17(14)19)23(3)18-21-10-8-15(22-18)25-13-6-4-12(20)5-7-13/h4-8,10,14,16-17H,9,11H2,1-3H3. The van der Waals surface area contributed by atoms with Crippen LogP contribution >= 0.6 is 0 Å². The Kier molecular flexibility index (Phi) is 3.87. The molecule has 4 rings (SSSR count). The number of hydrogen-bond donors (Lipinski definition) is 0. The summed E-state index contributed by atoms with van der Waals surface area (Å²) in [7, 11) is 2.03. The van der Waals surface area contributed by atoms with Gasteiger partial charge in [-0.05, 0) is 30.7 Å². The Balaban J connectivity index is 1.54. The summed E-state index contributed by atoms with van der Waals surface area (Å²) < 4.78 is 24.6. The molecule has 2 heterocycles. The summed E-state index contributed by atoms with van der Waals surface area (Å²) in [6.45, 7) is 5.30. The molecule has 2 aromatic rings. The van der Waals surface area contributed by atoms with E-state index in [9.17, 15) is 4.39 Å². The van der Waals surface area contributed by atoms with Crippen molar-refractivity contribution in [2.24, 2.45) is 11.3 Å². The van der Waals surface area contributed by atoms with E-state index >= 15 is 0 Å². The lowest BCUT2D eigenvalue weighted by Crippen LogP contribution is -2.66. The van der Waals surface area contributed by atoms with E-state index in [1.54, 1.807) is 24.4 Å². The molecule has 0 bridgehead atoms. The van der Waals surface area contributed by atoms with Gasteiger partial charge in [0.25, 0.3) is 0 Å². The SMILES string of the molecule is CN(c1nccc(Oc2ccc(F)cc2)n1)C1C2CCOC2C1(C)C. The maximum Gasteiger partial charge on any atom is 0.228 e. The van der Waals surface area contributed by atoms with Gasteiger partial charge in [0.05, 0.1) is 6.10 Å². The van der Waals surface area contributed by atoms with Crippen molar-refractivity contribution >= 4 is 5.95 Å². The molecule has 1 aromatic heterocycles. The normalized spacial score (nSPS) is 26.6. The molecule has 5 nitrogen and oxygen atoms in total. The zero-order chi connectivity index (χ0) is 17.6. The van der Waals surface area contributed by atoms with E-state index in [0.29, 0.717) is 35.6 Å². The van der Waals surface area contributed by atoms with E-state index in [1.807, 2.05) is 7.05 Å². The molecule has 1 aliphatic heterocycles. The van der Waals surface area contributed by atoms with Gasteiger partial charge in [0.1, 0.15) is 11.6 Å². The molecular weight excluding hydrogens is 321 g/mol. The minimum absolute atomic E-state index is 0.0626.